The third kappa shape index (κ3) is 3.53. The first-order chi connectivity index (χ1) is 6.53. The summed E-state index contributed by atoms with van der Waals surface area (Å²) in [5.74, 6) is 0. The van der Waals surface area contributed by atoms with Crippen molar-refractivity contribution in [2.24, 2.45) is 5.11 Å². The number of rotatable bonds is 3. The van der Waals surface area contributed by atoms with Crippen molar-refractivity contribution in [1.82, 2.24) is 0 Å². The van der Waals surface area contributed by atoms with Gasteiger partial charge in [-0.1, -0.05) is 17.3 Å². The highest BCUT2D eigenvalue weighted by Gasteiger charge is 2.27. The molecule has 78 valence electrons. The summed E-state index contributed by atoms with van der Waals surface area (Å²) in [5.41, 5.74) is 8.42. The SMILES string of the molecule is C[Si](C)(C)O[C@@H]1CC=CC[C@H]1N=[N+]=[N-]. The summed E-state index contributed by atoms with van der Waals surface area (Å²) in [6, 6.07) is -0.0169. The van der Waals surface area contributed by atoms with Crippen molar-refractivity contribution in [2.45, 2.75) is 44.6 Å². The van der Waals surface area contributed by atoms with Gasteiger partial charge in [0.1, 0.15) is 0 Å². The number of hydrogen-bond donors (Lipinski definition) is 0. The van der Waals surface area contributed by atoms with E-state index in [0.717, 1.165) is 12.8 Å². The van der Waals surface area contributed by atoms with Gasteiger partial charge in [-0.15, -0.1) is 0 Å². The van der Waals surface area contributed by atoms with Crippen molar-refractivity contribution in [1.29, 1.82) is 0 Å². The average Bonchev–Trinajstić information content (AvgIpc) is 2.06. The van der Waals surface area contributed by atoms with Crippen LogP contribution in [-0.4, -0.2) is 20.5 Å². The Balaban J connectivity index is 2.65. The van der Waals surface area contributed by atoms with Gasteiger partial charge in [-0.2, -0.15) is 0 Å². The first-order valence-electron chi connectivity index (χ1n) is 4.90. The number of azide groups is 1. The lowest BCUT2D eigenvalue weighted by molar-refractivity contribution is 0.162. The summed E-state index contributed by atoms with van der Waals surface area (Å²) in [6.07, 6.45) is 5.92. The van der Waals surface area contributed by atoms with Crippen LogP contribution in [0.2, 0.25) is 19.6 Å². The van der Waals surface area contributed by atoms with Crippen LogP contribution in [-0.2, 0) is 4.43 Å². The van der Waals surface area contributed by atoms with Crippen LogP contribution in [0.15, 0.2) is 17.3 Å². The Kier molecular flexibility index (Phi) is 3.75. The van der Waals surface area contributed by atoms with Gasteiger partial charge in [-0.3, -0.25) is 0 Å². The fourth-order valence-electron chi connectivity index (χ4n) is 1.54. The summed E-state index contributed by atoms with van der Waals surface area (Å²) in [4.78, 5) is 2.87. The van der Waals surface area contributed by atoms with Gasteiger partial charge in [0.2, 0.25) is 0 Å². The molecule has 0 heterocycles. The van der Waals surface area contributed by atoms with Crippen molar-refractivity contribution in [2.75, 3.05) is 0 Å². The zero-order chi connectivity index (χ0) is 10.6. The van der Waals surface area contributed by atoms with E-state index in [1.165, 1.54) is 0 Å². The van der Waals surface area contributed by atoms with Crippen molar-refractivity contribution in [3.05, 3.63) is 22.6 Å². The molecule has 1 aliphatic rings. The Bertz CT molecular complexity index is 266. The van der Waals surface area contributed by atoms with Crippen LogP contribution in [0, 0.1) is 0 Å². The molecule has 0 amide bonds. The van der Waals surface area contributed by atoms with Crippen LogP contribution in [0.1, 0.15) is 12.8 Å². The summed E-state index contributed by atoms with van der Waals surface area (Å²) in [6.45, 7) is 6.45. The molecule has 0 unspecified atom stereocenters. The molecule has 0 fully saturated rings. The lowest BCUT2D eigenvalue weighted by atomic mass is 10.00. The zero-order valence-electron chi connectivity index (χ0n) is 8.97. The first kappa shape index (κ1) is 11.3. The second-order valence-corrected chi connectivity index (χ2v) is 8.94. The Labute approximate surface area is 85.7 Å². The lowest BCUT2D eigenvalue weighted by Crippen LogP contribution is -2.38. The van der Waals surface area contributed by atoms with Gasteiger partial charge in [0.05, 0.1) is 12.1 Å². The minimum atomic E-state index is -1.53. The minimum Gasteiger partial charge on any atom is -0.414 e. The van der Waals surface area contributed by atoms with E-state index in [1.807, 2.05) is 0 Å². The number of nitrogens with zero attached hydrogens (tertiary/aromatic N) is 3. The highest BCUT2D eigenvalue weighted by molar-refractivity contribution is 6.69. The third-order valence-electron chi connectivity index (χ3n) is 2.05. The molecule has 0 radical (unpaired) electrons. The second-order valence-electron chi connectivity index (χ2n) is 4.48. The highest BCUT2D eigenvalue weighted by Crippen LogP contribution is 2.22. The van der Waals surface area contributed by atoms with Crippen LogP contribution in [0.4, 0.5) is 0 Å². The molecule has 0 aliphatic heterocycles. The van der Waals surface area contributed by atoms with Gasteiger partial charge in [0.25, 0.3) is 0 Å². The van der Waals surface area contributed by atoms with E-state index in [-0.39, 0.29) is 12.1 Å². The maximum absolute atomic E-state index is 8.42. The van der Waals surface area contributed by atoms with Crippen molar-refractivity contribution >= 4 is 8.32 Å². The van der Waals surface area contributed by atoms with Crippen LogP contribution < -0.4 is 0 Å². The van der Waals surface area contributed by atoms with E-state index >= 15 is 0 Å². The summed E-state index contributed by atoms with van der Waals surface area (Å²) in [7, 11) is -1.53. The van der Waals surface area contributed by atoms with Gasteiger partial charge in [-0.05, 0) is 38.0 Å². The van der Waals surface area contributed by atoms with Crippen molar-refractivity contribution in [3.63, 3.8) is 0 Å². The predicted molar refractivity (Wildman–Crippen MR) is 59.5 cm³/mol. The van der Waals surface area contributed by atoms with E-state index in [2.05, 4.69) is 41.8 Å². The van der Waals surface area contributed by atoms with Gasteiger partial charge >= 0.3 is 0 Å². The van der Waals surface area contributed by atoms with Crippen molar-refractivity contribution < 1.29 is 4.43 Å². The Hall–Kier alpha value is -0.773. The van der Waals surface area contributed by atoms with Gasteiger partial charge in [0.15, 0.2) is 8.32 Å². The maximum Gasteiger partial charge on any atom is 0.184 e. The standard InChI is InChI=1S/C9H17N3OSi/c1-14(2,3)13-9-7-5-4-6-8(9)11-12-10/h4-5,8-9H,6-7H2,1-3H3/t8-,9-/m1/s1. The van der Waals surface area contributed by atoms with E-state index in [4.69, 9.17) is 9.96 Å². The summed E-state index contributed by atoms with van der Waals surface area (Å²) < 4.78 is 5.97. The molecule has 0 aromatic carbocycles. The molecule has 0 spiro atoms. The molecular formula is C9H17N3OSi. The second kappa shape index (κ2) is 4.64. The van der Waals surface area contributed by atoms with E-state index < -0.39 is 8.32 Å². The smallest absolute Gasteiger partial charge is 0.184 e. The molecule has 0 saturated carbocycles. The maximum atomic E-state index is 8.42. The molecule has 1 rings (SSSR count). The molecule has 4 nitrogen and oxygen atoms in total. The molecule has 0 N–H and O–H groups in total. The molecule has 5 heteroatoms. The van der Waals surface area contributed by atoms with E-state index in [9.17, 15) is 0 Å². The van der Waals surface area contributed by atoms with Crippen LogP contribution in [0.3, 0.4) is 0 Å². The Morgan fingerprint density at radius 2 is 2.00 bits per heavy atom. The molecule has 14 heavy (non-hydrogen) atoms. The molecule has 1 aliphatic carbocycles. The molecule has 0 aromatic heterocycles. The van der Waals surface area contributed by atoms with Gasteiger partial charge in [-0.25, -0.2) is 0 Å². The third-order valence-corrected chi connectivity index (χ3v) is 3.06. The zero-order valence-corrected chi connectivity index (χ0v) is 9.97. The molecule has 0 aromatic rings. The van der Waals surface area contributed by atoms with E-state index in [1.54, 1.807) is 0 Å². The Morgan fingerprint density at radius 1 is 1.36 bits per heavy atom. The molecular weight excluding hydrogens is 194 g/mol. The van der Waals surface area contributed by atoms with E-state index in [0.29, 0.717) is 0 Å². The van der Waals surface area contributed by atoms with Crippen LogP contribution in [0.5, 0.6) is 0 Å². The van der Waals surface area contributed by atoms with Crippen LogP contribution >= 0.6 is 0 Å². The van der Waals surface area contributed by atoms with Crippen molar-refractivity contribution in [3.8, 4) is 0 Å². The number of hydrogen-bond acceptors (Lipinski definition) is 2. The normalized spacial score (nSPS) is 27.1. The van der Waals surface area contributed by atoms with Crippen LogP contribution in [0.25, 0.3) is 10.4 Å². The monoisotopic (exact) mass is 211 g/mol. The molecule has 0 saturated heterocycles. The largest absolute Gasteiger partial charge is 0.414 e. The molecule has 2 atom stereocenters. The molecule has 0 bridgehead atoms. The predicted octanol–water partition coefficient (Wildman–Crippen LogP) is 3.24. The minimum absolute atomic E-state index is 0.0169. The average molecular weight is 211 g/mol. The first-order valence-corrected chi connectivity index (χ1v) is 8.31. The summed E-state index contributed by atoms with van der Waals surface area (Å²) in [5, 5.41) is 3.78. The lowest BCUT2D eigenvalue weighted by Gasteiger charge is -2.31. The fourth-order valence-corrected chi connectivity index (χ4v) is 2.71. The van der Waals surface area contributed by atoms with Gasteiger partial charge in [0, 0.05) is 4.91 Å². The summed E-state index contributed by atoms with van der Waals surface area (Å²) >= 11 is 0. The Morgan fingerprint density at radius 3 is 2.57 bits per heavy atom. The van der Waals surface area contributed by atoms with Gasteiger partial charge < -0.3 is 4.43 Å². The quantitative estimate of drug-likeness (QED) is 0.232. The topological polar surface area (TPSA) is 58.0 Å². The highest BCUT2D eigenvalue weighted by atomic mass is 28.4. The fraction of sp³-hybridized carbons (Fsp3) is 0.778.